The lowest BCUT2D eigenvalue weighted by Crippen LogP contribution is -2.42. The second-order valence-electron chi connectivity index (χ2n) is 5.13. The quantitative estimate of drug-likeness (QED) is 0.618. The van der Waals surface area contributed by atoms with Crippen molar-refractivity contribution in [2.24, 2.45) is 0 Å². The molecule has 3 rings (SSSR count). The van der Waals surface area contributed by atoms with E-state index in [0.29, 0.717) is 11.3 Å². The Bertz CT molecular complexity index is 927. The number of hydrogen-bond acceptors (Lipinski definition) is 5. The molecular weight excluding hydrogens is 352 g/mol. The van der Waals surface area contributed by atoms with Crippen molar-refractivity contribution in [2.45, 2.75) is 0 Å². The van der Waals surface area contributed by atoms with Crippen LogP contribution >= 0.6 is 11.3 Å². The van der Waals surface area contributed by atoms with Gasteiger partial charge in [-0.1, -0.05) is 18.2 Å². The van der Waals surface area contributed by atoms with Crippen LogP contribution in [0.15, 0.2) is 65.5 Å². The van der Waals surface area contributed by atoms with Gasteiger partial charge in [-0.25, -0.2) is 0 Å². The van der Waals surface area contributed by atoms with Crippen molar-refractivity contribution < 1.29 is 14.4 Å². The molecule has 130 valence electrons. The molecule has 0 saturated heterocycles. The van der Waals surface area contributed by atoms with Crippen molar-refractivity contribution in [3.8, 4) is 0 Å². The number of carbonyl (C=O) groups excluding carboxylic acids is 3. The van der Waals surface area contributed by atoms with E-state index in [0.717, 1.165) is 0 Å². The number of rotatable bonds is 4. The van der Waals surface area contributed by atoms with Gasteiger partial charge in [0.1, 0.15) is 5.69 Å². The molecule has 0 saturated carbocycles. The number of nitrogens with zero attached hydrogens (tertiary/aromatic N) is 1. The first kappa shape index (κ1) is 17.3. The maximum absolute atomic E-state index is 12.4. The highest BCUT2D eigenvalue weighted by atomic mass is 32.1. The minimum absolute atomic E-state index is 0.173. The summed E-state index contributed by atoms with van der Waals surface area (Å²) in [6.45, 7) is 0. The molecule has 0 aliphatic carbocycles. The first-order valence-electron chi connectivity index (χ1n) is 7.59. The van der Waals surface area contributed by atoms with Crippen molar-refractivity contribution in [3.05, 3.63) is 82.3 Å². The number of pyridine rings is 1. The van der Waals surface area contributed by atoms with E-state index >= 15 is 0 Å². The third-order valence-electron chi connectivity index (χ3n) is 3.39. The summed E-state index contributed by atoms with van der Waals surface area (Å²) < 4.78 is 0. The Morgan fingerprint density at radius 1 is 0.846 bits per heavy atom. The van der Waals surface area contributed by atoms with Crippen molar-refractivity contribution in [1.29, 1.82) is 0 Å². The van der Waals surface area contributed by atoms with Crippen LogP contribution in [0, 0.1) is 0 Å². The van der Waals surface area contributed by atoms with Gasteiger partial charge in [-0.3, -0.25) is 30.2 Å². The first-order chi connectivity index (χ1) is 12.6. The summed E-state index contributed by atoms with van der Waals surface area (Å²) in [4.78, 5) is 40.4. The molecule has 0 fully saturated rings. The number of nitrogens with one attached hydrogen (secondary N) is 3. The molecule has 0 aliphatic rings. The predicted octanol–water partition coefficient (Wildman–Crippen LogP) is 2.47. The lowest BCUT2D eigenvalue weighted by atomic mass is 10.1. The fourth-order valence-corrected chi connectivity index (χ4v) is 2.76. The maximum Gasteiger partial charge on any atom is 0.288 e. The zero-order chi connectivity index (χ0) is 18.4. The third kappa shape index (κ3) is 4.11. The van der Waals surface area contributed by atoms with Gasteiger partial charge in [-0.2, -0.15) is 11.3 Å². The van der Waals surface area contributed by atoms with Gasteiger partial charge in [0.25, 0.3) is 17.7 Å². The van der Waals surface area contributed by atoms with E-state index < -0.39 is 11.8 Å². The van der Waals surface area contributed by atoms with E-state index in [1.807, 2.05) is 0 Å². The van der Waals surface area contributed by atoms with Gasteiger partial charge in [0.05, 0.1) is 16.8 Å². The monoisotopic (exact) mass is 366 g/mol. The highest BCUT2D eigenvalue weighted by Crippen LogP contribution is 2.17. The van der Waals surface area contributed by atoms with Crippen LogP contribution < -0.4 is 16.2 Å². The van der Waals surface area contributed by atoms with Crippen LogP contribution in [0.3, 0.4) is 0 Å². The molecule has 3 amide bonds. The molecule has 7 nitrogen and oxygen atoms in total. The zero-order valence-corrected chi connectivity index (χ0v) is 14.2. The number of anilines is 1. The van der Waals surface area contributed by atoms with Gasteiger partial charge in [0.15, 0.2) is 0 Å². The van der Waals surface area contributed by atoms with Crippen molar-refractivity contribution in [3.63, 3.8) is 0 Å². The number of hydrogen-bond donors (Lipinski definition) is 3. The molecule has 2 heterocycles. The van der Waals surface area contributed by atoms with E-state index in [1.54, 1.807) is 53.2 Å². The van der Waals surface area contributed by atoms with Crippen LogP contribution in [0.25, 0.3) is 0 Å². The van der Waals surface area contributed by atoms with Crippen LogP contribution in [0.1, 0.15) is 31.2 Å². The minimum atomic E-state index is -0.560. The van der Waals surface area contributed by atoms with Crippen LogP contribution in [0.4, 0.5) is 5.69 Å². The molecule has 2 aromatic heterocycles. The molecule has 1 aromatic carbocycles. The molecule has 0 spiro atoms. The normalized spacial score (nSPS) is 10.0. The van der Waals surface area contributed by atoms with Gasteiger partial charge in [0.2, 0.25) is 0 Å². The number of benzene rings is 1. The average Bonchev–Trinajstić information content (AvgIpc) is 3.22. The van der Waals surface area contributed by atoms with Gasteiger partial charge in [-0.15, -0.1) is 0 Å². The summed E-state index contributed by atoms with van der Waals surface area (Å²) in [5, 5.41) is 6.20. The smallest absolute Gasteiger partial charge is 0.288 e. The fourth-order valence-electron chi connectivity index (χ4n) is 2.12. The van der Waals surface area contributed by atoms with Crippen LogP contribution in [0.5, 0.6) is 0 Å². The van der Waals surface area contributed by atoms with Crippen molar-refractivity contribution in [2.75, 3.05) is 5.32 Å². The number of hydrazine groups is 1. The summed E-state index contributed by atoms with van der Waals surface area (Å²) in [7, 11) is 0. The second kappa shape index (κ2) is 8.04. The van der Waals surface area contributed by atoms with E-state index in [-0.39, 0.29) is 17.2 Å². The van der Waals surface area contributed by atoms with Gasteiger partial charge in [0, 0.05) is 11.6 Å². The molecule has 3 N–H and O–H groups in total. The van der Waals surface area contributed by atoms with Crippen LogP contribution in [-0.2, 0) is 0 Å². The topological polar surface area (TPSA) is 100 Å². The second-order valence-corrected chi connectivity index (χ2v) is 5.91. The highest BCUT2D eigenvalue weighted by molar-refractivity contribution is 7.08. The maximum atomic E-state index is 12.4. The molecule has 3 aromatic rings. The minimum Gasteiger partial charge on any atom is -0.321 e. The lowest BCUT2D eigenvalue weighted by molar-refractivity contribution is 0.0844. The predicted molar refractivity (Wildman–Crippen MR) is 97.9 cm³/mol. The molecule has 8 heteroatoms. The Labute approximate surface area is 153 Å². The molecule has 0 atom stereocenters. The Morgan fingerprint density at radius 3 is 2.35 bits per heavy atom. The van der Waals surface area contributed by atoms with Crippen LogP contribution in [0.2, 0.25) is 0 Å². The Kier molecular flexibility index (Phi) is 5.35. The van der Waals surface area contributed by atoms with E-state index in [9.17, 15) is 14.4 Å². The van der Waals surface area contributed by atoms with Crippen molar-refractivity contribution in [1.82, 2.24) is 15.8 Å². The van der Waals surface area contributed by atoms with Gasteiger partial charge < -0.3 is 5.32 Å². The summed E-state index contributed by atoms with van der Waals surface area (Å²) in [5.74, 6) is -1.42. The average molecular weight is 366 g/mol. The molecule has 0 radical (unpaired) electrons. The van der Waals surface area contributed by atoms with Crippen molar-refractivity contribution >= 4 is 34.7 Å². The summed E-state index contributed by atoms with van der Waals surface area (Å²) in [6, 6.07) is 13.1. The fraction of sp³-hybridized carbons (Fsp3) is 0. The first-order valence-corrected chi connectivity index (χ1v) is 8.54. The number of carbonyl (C=O) groups is 3. The molecular formula is C18H14N4O3S. The molecule has 0 aliphatic heterocycles. The highest BCUT2D eigenvalue weighted by Gasteiger charge is 2.15. The summed E-state index contributed by atoms with van der Waals surface area (Å²) in [5.41, 5.74) is 5.85. The summed E-state index contributed by atoms with van der Waals surface area (Å²) in [6.07, 6.45) is 1.48. The van der Waals surface area contributed by atoms with Gasteiger partial charge in [-0.05, 0) is 35.7 Å². The largest absolute Gasteiger partial charge is 0.321 e. The molecule has 0 bridgehead atoms. The zero-order valence-electron chi connectivity index (χ0n) is 13.4. The lowest BCUT2D eigenvalue weighted by Gasteiger charge is -2.11. The van der Waals surface area contributed by atoms with E-state index in [1.165, 1.54) is 23.6 Å². The summed E-state index contributed by atoms with van der Waals surface area (Å²) >= 11 is 1.40. The Morgan fingerprint density at radius 2 is 1.62 bits per heavy atom. The Balaban J connectivity index is 1.68. The number of aromatic nitrogens is 1. The Hall–Kier alpha value is -3.52. The van der Waals surface area contributed by atoms with E-state index in [2.05, 4.69) is 21.2 Å². The van der Waals surface area contributed by atoms with Gasteiger partial charge >= 0.3 is 0 Å². The van der Waals surface area contributed by atoms with E-state index in [4.69, 9.17) is 0 Å². The third-order valence-corrected chi connectivity index (χ3v) is 4.07. The SMILES string of the molecule is O=C(Nc1ccccc1C(=O)NNC(=O)c1ccccn1)c1ccsc1. The number of thiophene rings is 1. The number of amides is 3. The standard InChI is InChI=1S/C18H14N4O3S/c23-16(12-8-10-26-11-12)20-14-6-2-1-5-13(14)17(24)21-22-18(25)15-7-3-4-9-19-15/h1-11H,(H,20,23)(H,21,24)(H,22,25). The molecule has 0 unspecified atom stereocenters. The van der Waals surface area contributed by atoms with Crippen LogP contribution in [-0.4, -0.2) is 22.7 Å². The molecule has 26 heavy (non-hydrogen) atoms. The number of para-hydroxylation sites is 1.